The summed E-state index contributed by atoms with van der Waals surface area (Å²) in [5, 5.41) is 10.4. The predicted molar refractivity (Wildman–Crippen MR) is 120 cm³/mol. The van der Waals surface area contributed by atoms with Gasteiger partial charge in [0.25, 0.3) is 5.91 Å². The summed E-state index contributed by atoms with van der Waals surface area (Å²) >= 11 is 7.41. The minimum Gasteiger partial charge on any atom is -0.479 e. The Morgan fingerprint density at radius 3 is 2.62 bits per heavy atom. The monoisotopic (exact) mass is 476 g/mol. The molecule has 0 fully saturated rings. The Bertz CT molecular complexity index is 1210. The Morgan fingerprint density at radius 1 is 1.28 bits per heavy atom. The molecule has 0 saturated carbocycles. The van der Waals surface area contributed by atoms with Crippen molar-refractivity contribution in [2.75, 3.05) is 12.9 Å². The summed E-state index contributed by atoms with van der Waals surface area (Å²) in [6.07, 6.45) is 2.01. The van der Waals surface area contributed by atoms with Gasteiger partial charge in [0, 0.05) is 23.7 Å². The Hall–Kier alpha value is -3.11. The van der Waals surface area contributed by atoms with Gasteiger partial charge >= 0.3 is 5.97 Å². The normalized spacial score (nSPS) is 11.0. The number of benzene rings is 1. The summed E-state index contributed by atoms with van der Waals surface area (Å²) in [6, 6.07) is 7.32. The van der Waals surface area contributed by atoms with Crippen molar-refractivity contribution in [1.29, 1.82) is 0 Å². The summed E-state index contributed by atoms with van der Waals surface area (Å²) in [5.74, 6) is -2.98. The number of carboxylic acid groups (broad SMARTS) is 1. The van der Waals surface area contributed by atoms with Gasteiger partial charge in [-0.3, -0.25) is 9.59 Å². The first-order valence-electron chi connectivity index (χ1n) is 9.62. The lowest BCUT2D eigenvalue weighted by Crippen LogP contribution is -2.25. The van der Waals surface area contributed by atoms with E-state index in [2.05, 4.69) is 9.97 Å². The summed E-state index contributed by atoms with van der Waals surface area (Å²) in [6.45, 7) is 1.67. The largest absolute Gasteiger partial charge is 0.479 e. The second-order valence-corrected chi connectivity index (χ2v) is 8.07. The zero-order valence-electron chi connectivity index (χ0n) is 17.4. The van der Waals surface area contributed by atoms with Crippen molar-refractivity contribution in [1.82, 2.24) is 14.5 Å². The van der Waals surface area contributed by atoms with E-state index in [1.165, 1.54) is 11.8 Å². The molecule has 168 valence electrons. The van der Waals surface area contributed by atoms with Crippen molar-refractivity contribution in [3.63, 3.8) is 0 Å². The van der Waals surface area contributed by atoms with Crippen molar-refractivity contribution < 1.29 is 24.2 Å². The molecule has 0 saturated heterocycles. The molecule has 3 rings (SSSR count). The molecule has 0 bridgehead atoms. The molecule has 0 aliphatic heterocycles. The number of primary amides is 1. The van der Waals surface area contributed by atoms with Crippen LogP contribution in [0.4, 0.5) is 0 Å². The number of carbonyl (C=O) groups is 3. The molecule has 3 aromatic rings. The van der Waals surface area contributed by atoms with Crippen LogP contribution in [0.5, 0.6) is 5.88 Å². The van der Waals surface area contributed by atoms with Crippen LogP contribution in [0.3, 0.4) is 0 Å². The van der Waals surface area contributed by atoms with E-state index in [1.54, 1.807) is 12.3 Å². The molecule has 0 aliphatic carbocycles. The molecule has 3 N–H and O–H groups in total. The van der Waals surface area contributed by atoms with E-state index in [0.717, 1.165) is 11.3 Å². The van der Waals surface area contributed by atoms with Gasteiger partial charge in [-0.15, -0.1) is 0 Å². The predicted octanol–water partition coefficient (Wildman–Crippen LogP) is 2.48. The number of hydrogen-bond acceptors (Lipinski definition) is 7. The van der Waals surface area contributed by atoms with Gasteiger partial charge in [0.2, 0.25) is 11.7 Å². The molecule has 2 aromatic heterocycles. The number of carbonyl (C=O) groups excluding carboxylic acids is 2. The number of halogens is 1. The lowest BCUT2D eigenvalue weighted by Gasteiger charge is -2.11. The standard InChI is InChI=1S/C21H21ClN4O5S/c1-3-14-13(8-15(27)18(23)30)17-19(26(14)9-11-5-4-6-12(22)7-11)24-21(32-2)25-20(17)31-10-16(28)29/h4-7H,3,8-10H2,1-2H3,(H2,23,30)(H,28,29). The van der Waals surface area contributed by atoms with E-state index in [9.17, 15) is 14.4 Å². The van der Waals surface area contributed by atoms with Crippen LogP contribution in [-0.4, -0.2) is 50.2 Å². The van der Waals surface area contributed by atoms with Crippen molar-refractivity contribution in [2.45, 2.75) is 31.5 Å². The molecule has 1 aromatic carbocycles. The molecule has 2 heterocycles. The number of Topliss-reactive ketones (excluding diaryl/α,β-unsaturated/α-hetero) is 1. The van der Waals surface area contributed by atoms with E-state index in [0.29, 0.717) is 39.7 Å². The molecule has 11 heteroatoms. The van der Waals surface area contributed by atoms with Gasteiger partial charge in [0.15, 0.2) is 11.8 Å². The molecule has 0 spiro atoms. The zero-order valence-corrected chi connectivity index (χ0v) is 19.0. The summed E-state index contributed by atoms with van der Waals surface area (Å²) in [5.41, 5.74) is 7.78. The highest BCUT2D eigenvalue weighted by molar-refractivity contribution is 7.98. The second kappa shape index (κ2) is 10.0. The lowest BCUT2D eigenvalue weighted by atomic mass is 10.0. The van der Waals surface area contributed by atoms with Crippen LogP contribution in [0.15, 0.2) is 29.4 Å². The van der Waals surface area contributed by atoms with E-state index in [-0.39, 0.29) is 12.3 Å². The molecule has 32 heavy (non-hydrogen) atoms. The number of thioether (sulfide) groups is 1. The van der Waals surface area contributed by atoms with Crippen molar-refractivity contribution >= 4 is 52.1 Å². The van der Waals surface area contributed by atoms with E-state index in [4.69, 9.17) is 27.2 Å². The number of nitrogens with two attached hydrogens (primary N) is 1. The smallest absolute Gasteiger partial charge is 0.341 e. The number of nitrogens with zero attached hydrogens (tertiary/aromatic N) is 3. The van der Waals surface area contributed by atoms with Crippen LogP contribution >= 0.6 is 23.4 Å². The summed E-state index contributed by atoms with van der Waals surface area (Å²) < 4.78 is 7.36. The Morgan fingerprint density at radius 2 is 2.03 bits per heavy atom. The number of ketones is 1. The van der Waals surface area contributed by atoms with Gasteiger partial charge in [-0.25, -0.2) is 9.78 Å². The van der Waals surface area contributed by atoms with Crippen LogP contribution in [-0.2, 0) is 33.8 Å². The zero-order chi connectivity index (χ0) is 23.4. The van der Waals surface area contributed by atoms with Gasteiger partial charge in [0.05, 0.1) is 5.39 Å². The highest BCUT2D eigenvalue weighted by atomic mass is 35.5. The van der Waals surface area contributed by atoms with Crippen molar-refractivity contribution in [3.05, 3.63) is 46.1 Å². The van der Waals surface area contributed by atoms with E-state index < -0.39 is 24.3 Å². The number of hydrogen-bond donors (Lipinski definition) is 2. The summed E-state index contributed by atoms with van der Waals surface area (Å²) in [4.78, 5) is 43.8. The third-order valence-corrected chi connectivity index (χ3v) is 5.54. The number of fused-ring (bicyclic) bond motifs is 1. The van der Waals surface area contributed by atoms with Crippen LogP contribution in [0, 0.1) is 0 Å². The fraction of sp³-hybridized carbons (Fsp3) is 0.286. The average Bonchev–Trinajstić information content (AvgIpc) is 3.04. The van der Waals surface area contributed by atoms with Gasteiger partial charge < -0.3 is 20.1 Å². The number of amides is 1. The number of aromatic nitrogens is 3. The van der Waals surface area contributed by atoms with Gasteiger partial charge in [0.1, 0.15) is 5.65 Å². The number of rotatable bonds is 10. The Balaban J connectivity index is 2.30. The molecule has 0 radical (unpaired) electrons. The molecular formula is C21H21ClN4O5S. The number of ether oxygens (including phenoxy) is 1. The van der Waals surface area contributed by atoms with Gasteiger partial charge in [-0.2, -0.15) is 4.98 Å². The first kappa shape index (κ1) is 23.6. The first-order valence-corrected chi connectivity index (χ1v) is 11.2. The van der Waals surface area contributed by atoms with E-state index >= 15 is 0 Å². The van der Waals surface area contributed by atoms with Crippen LogP contribution in [0.25, 0.3) is 11.0 Å². The maximum atomic E-state index is 12.3. The highest BCUT2D eigenvalue weighted by Crippen LogP contribution is 2.35. The number of carboxylic acids is 1. The molecule has 1 amide bonds. The molecule has 9 nitrogen and oxygen atoms in total. The fourth-order valence-electron chi connectivity index (χ4n) is 3.46. The summed E-state index contributed by atoms with van der Waals surface area (Å²) in [7, 11) is 0. The molecule has 0 atom stereocenters. The third kappa shape index (κ3) is 5.03. The van der Waals surface area contributed by atoms with Crippen LogP contribution in [0.1, 0.15) is 23.7 Å². The van der Waals surface area contributed by atoms with Crippen molar-refractivity contribution in [3.8, 4) is 5.88 Å². The molecular weight excluding hydrogens is 456 g/mol. The minimum atomic E-state index is -1.17. The van der Waals surface area contributed by atoms with Crippen LogP contribution in [0.2, 0.25) is 5.02 Å². The molecule has 0 unspecified atom stereocenters. The molecule has 0 aliphatic rings. The Kier molecular flexibility index (Phi) is 7.37. The van der Waals surface area contributed by atoms with Gasteiger partial charge in [-0.1, -0.05) is 42.4 Å². The SMILES string of the molecule is CCc1c(CC(=O)C(N)=O)c2c(OCC(=O)O)nc(SC)nc2n1Cc1cccc(Cl)c1. The van der Waals surface area contributed by atoms with E-state index in [1.807, 2.05) is 29.7 Å². The van der Waals surface area contributed by atoms with Gasteiger partial charge in [-0.05, 0) is 35.9 Å². The quantitative estimate of drug-likeness (QED) is 0.258. The second-order valence-electron chi connectivity index (χ2n) is 6.86. The third-order valence-electron chi connectivity index (χ3n) is 4.76. The Labute approximate surface area is 192 Å². The van der Waals surface area contributed by atoms with Crippen LogP contribution < -0.4 is 10.5 Å². The lowest BCUT2D eigenvalue weighted by molar-refractivity contribution is -0.139. The first-order chi connectivity index (χ1) is 15.2. The topological polar surface area (TPSA) is 137 Å². The highest BCUT2D eigenvalue weighted by Gasteiger charge is 2.26. The average molecular weight is 477 g/mol. The minimum absolute atomic E-state index is 0.0357. The maximum Gasteiger partial charge on any atom is 0.341 e. The maximum absolute atomic E-state index is 12.3. The fourth-order valence-corrected chi connectivity index (χ4v) is 4.03. The number of aliphatic carboxylic acids is 1. The van der Waals surface area contributed by atoms with Crippen molar-refractivity contribution in [2.24, 2.45) is 5.73 Å².